The van der Waals surface area contributed by atoms with E-state index in [1.807, 2.05) is 105 Å². The maximum absolute atomic E-state index is 13.0. The van der Waals surface area contributed by atoms with Crippen LogP contribution < -0.4 is 0 Å². The summed E-state index contributed by atoms with van der Waals surface area (Å²) >= 11 is 51.3. The molecule has 1 unspecified atom stereocenters. The molecule has 4 aliphatic rings. The largest absolute Gasteiger partial charge is 0.387 e. The predicted molar refractivity (Wildman–Crippen MR) is 404 cm³/mol. The minimum atomic E-state index is -3.69. The summed E-state index contributed by atoms with van der Waals surface area (Å²) in [6.07, 6.45) is 3.28. The van der Waals surface area contributed by atoms with Crippen molar-refractivity contribution in [2.75, 3.05) is 44.9 Å². The molecule has 4 aliphatic heterocycles. The molecule has 14 nitrogen and oxygen atoms in total. The molecule has 0 fully saturated rings. The molecule has 100 heavy (non-hydrogen) atoms. The SMILES string of the molecule is CS[C@@H]1CN(C(=O)Cc2c(Cl)cccc2Cl)[C@@H](C)c2ccccc21.C[C@H]1c2ccccc2C(S(C)(=O)=O)CN1C(=O)Cc1c(Cl)cccc1Cl.C[C@H]1c2ccccc2[C@H](O)CN1C(=O)Cc1c(Cl)cccc1Cl.C[C@H]1c2ccccc2[C@H](OS(C)(=O)=O)CN1C(=O)Cc1c(Cl)cccc1Cl. The van der Waals surface area contributed by atoms with Crippen LogP contribution in [-0.4, -0.2) is 110 Å². The number of aliphatic hydroxyl groups is 1. The zero-order valence-corrected chi connectivity index (χ0v) is 64.1. The second-order valence-corrected chi connectivity index (χ2v) is 32.9. The first-order valence-corrected chi connectivity index (χ1v) is 40.0. The van der Waals surface area contributed by atoms with Crippen LogP contribution in [0.4, 0.5) is 0 Å². The number of amides is 4. The Balaban J connectivity index is 0.000000156. The van der Waals surface area contributed by atoms with Gasteiger partial charge in [-0.15, -0.1) is 0 Å². The average Bonchev–Trinajstić information content (AvgIpc) is 0.782. The van der Waals surface area contributed by atoms with Crippen LogP contribution in [0.1, 0.15) is 141 Å². The lowest BCUT2D eigenvalue weighted by Crippen LogP contribution is -2.43. The number of hydrogen-bond donors (Lipinski definition) is 1. The van der Waals surface area contributed by atoms with Gasteiger partial charge in [0.25, 0.3) is 10.1 Å². The Kier molecular flexibility index (Phi) is 26.7. The summed E-state index contributed by atoms with van der Waals surface area (Å²) in [5, 5.41) is 13.6. The maximum Gasteiger partial charge on any atom is 0.265 e. The van der Waals surface area contributed by atoms with Crippen LogP contribution in [-0.2, 0) is 69.0 Å². The van der Waals surface area contributed by atoms with Crippen LogP contribution in [0.5, 0.6) is 0 Å². The number of hydrogen-bond acceptors (Lipinski definition) is 11. The lowest BCUT2D eigenvalue weighted by molar-refractivity contribution is -0.135. The Morgan fingerprint density at radius 3 is 1.00 bits per heavy atom. The van der Waals surface area contributed by atoms with Crippen LogP contribution in [0.15, 0.2) is 170 Å². The fourth-order valence-electron chi connectivity index (χ4n) is 13.1. The van der Waals surface area contributed by atoms with Crippen molar-refractivity contribution in [2.45, 2.75) is 100 Å². The van der Waals surface area contributed by atoms with E-state index in [0.29, 0.717) is 74.2 Å². The molecule has 0 radical (unpaired) electrons. The number of thioether (sulfide) groups is 1. The zero-order chi connectivity index (χ0) is 72.7. The number of β-amino-alcohol motifs (C(OH)–C–C–N with tert-alkyl or cyclic N) is 1. The molecule has 0 saturated heterocycles. The second kappa shape index (κ2) is 34.2. The first kappa shape index (κ1) is 78.3. The standard InChI is InChI=1S/C19H19Cl2NO4S.C19H19Cl2NO3S.C19H19Cl2NOS.C18H17Cl2NO2/c1-12-13-6-3-4-7-14(13)18(26-27(2,24)25)11-22(12)19(23)10-15-16(20)8-5-9-17(15)21;1-12-13-6-3-4-7-14(13)18(26(2,24)25)11-22(12)19(23)10-15-16(20)8-5-9-17(15)21;1-12-13-6-3-4-7-14(13)18(24-2)11-22(12)19(23)10-15-16(20)8-5-9-17(15)21;1-11-12-5-2-3-6-13(12)17(22)10-21(11)18(23)9-14-15(19)7-4-8-16(14)20/h3-9,12,18H,10-11H2,1-2H3;3-9,12,18H,10-11H2,1-2H3;3-9,12,18H,10-11H2,1-2H3;2-8,11,17,22H,9-10H2,1H3/t12-,18+;12-,18?;12-,18+;11-,17+/m0000/s1. The number of rotatable bonds is 12. The third-order valence-corrected chi connectivity index (χ3v) is 24.3. The topological polar surface area (TPSA) is 179 Å². The van der Waals surface area contributed by atoms with Crippen molar-refractivity contribution >= 4 is 148 Å². The van der Waals surface area contributed by atoms with Crippen molar-refractivity contribution in [3.05, 3.63) is 277 Å². The van der Waals surface area contributed by atoms with Gasteiger partial charge in [0.1, 0.15) is 11.4 Å². The van der Waals surface area contributed by atoms with Crippen molar-refractivity contribution in [1.29, 1.82) is 0 Å². The molecule has 528 valence electrons. The van der Waals surface area contributed by atoms with Gasteiger partial charge in [-0.3, -0.25) is 23.4 Å². The lowest BCUT2D eigenvalue weighted by Gasteiger charge is -2.39. The van der Waals surface area contributed by atoms with Crippen molar-refractivity contribution in [3.8, 4) is 0 Å². The molecular weight excluding hydrogens is 1500 g/mol. The highest BCUT2D eigenvalue weighted by atomic mass is 35.5. The van der Waals surface area contributed by atoms with Gasteiger partial charge in [-0.1, -0.05) is 214 Å². The van der Waals surface area contributed by atoms with Gasteiger partial charge in [0.2, 0.25) is 23.6 Å². The summed E-state index contributed by atoms with van der Waals surface area (Å²) in [5.41, 5.74) is 10.1. The quantitative estimate of drug-likeness (QED) is 0.115. The van der Waals surface area contributed by atoms with Crippen LogP contribution in [0, 0.1) is 0 Å². The molecule has 8 aromatic rings. The van der Waals surface area contributed by atoms with Gasteiger partial charge in [-0.2, -0.15) is 20.2 Å². The monoisotopic (exact) mass is 1570 g/mol. The Morgan fingerprint density at radius 2 is 0.660 bits per heavy atom. The highest BCUT2D eigenvalue weighted by Gasteiger charge is 2.40. The van der Waals surface area contributed by atoms with Gasteiger partial charge < -0.3 is 24.7 Å². The number of halogens is 8. The van der Waals surface area contributed by atoms with Gasteiger partial charge >= 0.3 is 0 Å². The fraction of sp³-hybridized carbons (Fsp3) is 0.307. The van der Waals surface area contributed by atoms with Gasteiger partial charge in [-0.25, -0.2) is 8.42 Å². The van der Waals surface area contributed by atoms with Crippen LogP contribution in [0.3, 0.4) is 0 Å². The Morgan fingerprint density at radius 1 is 0.390 bits per heavy atom. The van der Waals surface area contributed by atoms with Crippen molar-refractivity contribution < 1.29 is 45.3 Å². The summed E-state index contributed by atoms with van der Waals surface area (Å²) in [6, 6.07) is 51.0. The maximum atomic E-state index is 13.0. The molecular formula is C75H74Cl8N4O10S3. The molecule has 0 spiro atoms. The predicted octanol–water partition coefficient (Wildman–Crippen LogP) is 18.1. The molecule has 25 heteroatoms. The van der Waals surface area contributed by atoms with E-state index in [9.17, 15) is 41.1 Å². The number of carbonyl (C=O) groups is 4. The van der Waals surface area contributed by atoms with E-state index >= 15 is 0 Å². The second-order valence-electron chi connectivity index (χ2n) is 24.8. The normalized spacial score (nSPS) is 19.9. The Labute approximate surface area is 629 Å². The van der Waals surface area contributed by atoms with E-state index < -0.39 is 37.4 Å². The van der Waals surface area contributed by atoms with Gasteiger partial charge in [0.05, 0.1) is 75.3 Å². The number of nitrogens with zero attached hydrogens (tertiary/aromatic N) is 4. The highest BCUT2D eigenvalue weighted by molar-refractivity contribution is 7.98. The van der Waals surface area contributed by atoms with E-state index in [1.165, 1.54) is 17.4 Å². The number of aliphatic hydroxyl groups excluding tert-OH is 1. The molecule has 0 aliphatic carbocycles. The molecule has 0 bridgehead atoms. The minimum absolute atomic E-state index is 0.0244. The number of sulfone groups is 1. The molecule has 4 amide bonds. The van der Waals surface area contributed by atoms with Crippen LogP contribution >= 0.6 is 105 Å². The van der Waals surface area contributed by atoms with E-state index in [2.05, 4.69) is 31.4 Å². The van der Waals surface area contributed by atoms with Gasteiger partial charge in [-0.05, 0) is 149 Å². The molecule has 4 heterocycles. The molecule has 8 atom stereocenters. The lowest BCUT2D eigenvalue weighted by atomic mass is 9.91. The van der Waals surface area contributed by atoms with Gasteiger partial charge in [0, 0.05) is 64.8 Å². The van der Waals surface area contributed by atoms with Gasteiger partial charge in [0.15, 0.2) is 9.84 Å². The number of benzene rings is 8. The summed E-state index contributed by atoms with van der Waals surface area (Å²) in [5.74, 6) is -0.433. The number of carbonyl (C=O) groups excluding carboxylic acids is 4. The molecule has 1 N–H and O–H groups in total. The third-order valence-electron chi connectivity index (χ3n) is 18.4. The molecule has 0 saturated carbocycles. The summed E-state index contributed by atoms with van der Waals surface area (Å²) in [4.78, 5) is 58.5. The summed E-state index contributed by atoms with van der Waals surface area (Å²) in [7, 11) is -7.05. The third kappa shape index (κ3) is 18.5. The summed E-state index contributed by atoms with van der Waals surface area (Å²) in [6.45, 7) is 9.10. The highest BCUT2D eigenvalue weighted by Crippen LogP contribution is 2.44. The number of fused-ring (bicyclic) bond motifs is 4. The Hall–Kier alpha value is -5.87. The van der Waals surface area contributed by atoms with Crippen molar-refractivity contribution in [3.63, 3.8) is 0 Å². The average molecular weight is 1570 g/mol. The smallest absolute Gasteiger partial charge is 0.265 e. The van der Waals surface area contributed by atoms with Crippen molar-refractivity contribution in [1.82, 2.24) is 19.6 Å². The minimum Gasteiger partial charge on any atom is -0.387 e. The van der Waals surface area contributed by atoms with E-state index in [4.69, 9.17) is 97.0 Å². The molecule has 0 aromatic heterocycles. The van der Waals surface area contributed by atoms with Crippen LogP contribution in [0.2, 0.25) is 40.2 Å². The zero-order valence-electron chi connectivity index (χ0n) is 55.6. The van der Waals surface area contributed by atoms with Crippen LogP contribution in [0.25, 0.3) is 0 Å². The first-order chi connectivity index (χ1) is 47.4. The van der Waals surface area contributed by atoms with E-state index in [1.54, 1.807) is 99.3 Å². The Bertz CT molecular complexity index is 4510. The van der Waals surface area contributed by atoms with E-state index in [0.717, 1.165) is 39.6 Å². The van der Waals surface area contributed by atoms with E-state index in [-0.39, 0.29) is 93.1 Å². The molecule has 8 aromatic carbocycles. The molecule has 12 rings (SSSR count). The first-order valence-electron chi connectivity index (χ1n) is 31.9. The fourth-order valence-corrected chi connectivity index (χ4v) is 17.7. The van der Waals surface area contributed by atoms with Crippen molar-refractivity contribution in [2.24, 2.45) is 0 Å². The summed E-state index contributed by atoms with van der Waals surface area (Å²) < 4.78 is 53.3.